The van der Waals surface area contributed by atoms with Gasteiger partial charge in [-0.2, -0.15) is 0 Å². The van der Waals surface area contributed by atoms with Crippen molar-refractivity contribution in [3.05, 3.63) is 53.6 Å². The number of carbonyl (C=O) groups is 1. The monoisotopic (exact) mass is 428 g/mol. The summed E-state index contributed by atoms with van der Waals surface area (Å²) in [4.78, 5) is 17.8. The fourth-order valence-corrected chi connectivity index (χ4v) is 4.92. The molecule has 0 radical (unpaired) electrons. The highest BCUT2D eigenvalue weighted by atomic mass is 32.2. The zero-order valence-corrected chi connectivity index (χ0v) is 18.2. The van der Waals surface area contributed by atoms with E-state index in [-0.39, 0.29) is 16.8 Å². The average Bonchev–Trinajstić information content (AvgIpc) is 3.52. The quantitative estimate of drug-likeness (QED) is 0.739. The Kier molecular flexibility index (Phi) is 5.81. The van der Waals surface area contributed by atoms with Crippen LogP contribution in [0, 0.1) is 6.92 Å². The van der Waals surface area contributed by atoms with E-state index in [4.69, 9.17) is 0 Å². The molecule has 0 aromatic heterocycles. The van der Waals surface area contributed by atoms with Crippen molar-refractivity contribution < 1.29 is 13.2 Å². The molecular formula is C22H28N4O3S. The van der Waals surface area contributed by atoms with Crippen molar-refractivity contribution in [3.63, 3.8) is 0 Å². The molecule has 1 amide bonds. The largest absolute Gasteiger partial charge is 0.367 e. The van der Waals surface area contributed by atoms with E-state index in [1.165, 1.54) is 6.07 Å². The Morgan fingerprint density at radius 2 is 1.73 bits per heavy atom. The lowest BCUT2D eigenvalue weighted by Crippen LogP contribution is -2.44. The summed E-state index contributed by atoms with van der Waals surface area (Å²) in [5.41, 5.74) is 2.81. The van der Waals surface area contributed by atoms with Gasteiger partial charge in [-0.25, -0.2) is 13.1 Å². The predicted octanol–water partition coefficient (Wildman–Crippen LogP) is 2.44. The normalized spacial score (nSPS) is 17.7. The van der Waals surface area contributed by atoms with Gasteiger partial charge >= 0.3 is 0 Å². The van der Waals surface area contributed by atoms with Gasteiger partial charge in [0, 0.05) is 37.8 Å². The van der Waals surface area contributed by atoms with E-state index in [1.54, 1.807) is 12.1 Å². The maximum atomic E-state index is 13.1. The van der Waals surface area contributed by atoms with E-state index in [1.807, 2.05) is 31.2 Å². The molecule has 1 saturated carbocycles. The number of likely N-dealkylation sites (N-methyl/N-ethyl adjacent to an activating group) is 1. The van der Waals surface area contributed by atoms with Crippen molar-refractivity contribution in [1.82, 2.24) is 9.62 Å². The molecule has 0 bridgehead atoms. The molecule has 1 aliphatic carbocycles. The number of nitrogens with one attached hydrogen (secondary N) is 2. The minimum Gasteiger partial charge on any atom is -0.367 e. The molecule has 160 valence electrons. The van der Waals surface area contributed by atoms with Gasteiger partial charge in [0.1, 0.15) is 0 Å². The summed E-state index contributed by atoms with van der Waals surface area (Å²) in [6.07, 6.45) is 1.73. The molecule has 0 unspecified atom stereocenters. The van der Waals surface area contributed by atoms with Gasteiger partial charge in [-0.3, -0.25) is 4.79 Å². The molecule has 2 aliphatic rings. The van der Waals surface area contributed by atoms with E-state index >= 15 is 0 Å². The second-order valence-corrected chi connectivity index (χ2v) is 9.85. The Hall–Kier alpha value is -2.42. The molecule has 30 heavy (non-hydrogen) atoms. The van der Waals surface area contributed by atoms with Crippen molar-refractivity contribution in [2.24, 2.45) is 0 Å². The number of para-hydroxylation sites is 2. The number of aryl methyl sites for hydroxylation is 1. The average molecular weight is 429 g/mol. The number of carbonyl (C=O) groups excluding carboxylic acids is 1. The van der Waals surface area contributed by atoms with Crippen LogP contribution in [0.1, 0.15) is 28.8 Å². The Labute approximate surface area is 178 Å². The van der Waals surface area contributed by atoms with E-state index in [0.29, 0.717) is 5.56 Å². The minimum absolute atomic E-state index is 0.0176. The molecule has 8 heteroatoms. The summed E-state index contributed by atoms with van der Waals surface area (Å²) in [7, 11) is -1.51. The number of hydrogen-bond acceptors (Lipinski definition) is 5. The summed E-state index contributed by atoms with van der Waals surface area (Å²) in [5.74, 6) is -0.308. The van der Waals surface area contributed by atoms with Crippen LogP contribution >= 0.6 is 0 Å². The summed E-state index contributed by atoms with van der Waals surface area (Å²) in [6.45, 7) is 5.53. The van der Waals surface area contributed by atoms with E-state index in [0.717, 1.165) is 56.0 Å². The van der Waals surface area contributed by atoms with Gasteiger partial charge in [0.15, 0.2) is 0 Å². The van der Waals surface area contributed by atoms with Crippen LogP contribution in [-0.2, 0) is 10.0 Å². The van der Waals surface area contributed by atoms with Gasteiger partial charge in [0.25, 0.3) is 5.91 Å². The fraction of sp³-hybridized carbons (Fsp3) is 0.409. The second kappa shape index (κ2) is 8.37. The van der Waals surface area contributed by atoms with Gasteiger partial charge in [-0.1, -0.05) is 18.2 Å². The van der Waals surface area contributed by atoms with Crippen molar-refractivity contribution in [1.29, 1.82) is 0 Å². The zero-order chi connectivity index (χ0) is 21.3. The molecular weight excluding hydrogens is 400 g/mol. The molecule has 0 spiro atoms. The predicted molar refractivity (Wildman–Crippen MR) is 119 cm³/mol. The van der Waals surface area contributed by atoms with Crippen LogP contribution < -0.4 is 14.9 Å². The maximum Gasteiger partial charge on any atom is 0.256 e. The number of benzene rings is 2. The first kappa shape index (κ1) is 20.8. The number of anilines is 2. The third-order valence-corrected chi connectivity index (χ3v) is 7.18. The van der Waals surface area contributed by atoms with Gasteiger partial charge in [-0.05, 0) is 56.6 Å². The number of hydrogen-bond donors (Lipinski definition) is 2. The van der Waals surface area contributed by atoms with Crippen molar-refractivity contribution in [2.75, 3.05) is 43.4 Å². The number of sulfonamides is 1. The molecule has 1 heterocycles. The fourth-order valence-electron chi connectivity index (χ4n) is 3.59. The van der Waals surface area contributed by atoms with Crippen LogP contribution in [-0.4, -0.2) is 58.5 Å². The van der Waals surface area contributed by atoms with Crippen LogP contribution in [0.25, 0.3) is 0 Å². The number of amides is 1. The first-order chi connectivity index (χ1) is 14.3. The summed E-state index contributed by atoms with van der Waals surface area (Å²) >= 11 is 0. The lowest BCUT2D eigenvalue weighted by molar-refractivity contribution is 0.102. The number of nitrogens with zero attached hydrogens (tertiary/aromatic N) is 2. The highest BCUT2D eigenvalue weighted by Crippen LogP contribution is 2.28. The van der Waals surface area contributed by atoms with E-state index in [2.05, 4.69) is 26.9 Å². The van der Waals surface area contributed by atoms with Gasteiger partial charge in [-0.15, -0.1) is 0 Å². The molecule has 1 aliphatic heterocycles. The van der Waals surface area contributed by atoms with Gasteiger partial charge < -0.3 is 15.1 Å². The molecule has 7 nitrogen and oxygen atoms in total. The highest BCUT2D eigenvalue weighted by molar-refractivity contribution is 7.89. The van der Waals surface area contributed by atoms with Crippen LogP contribution in [0.2, 0.25) is 0 Å². The Morgan fingerprint density at radius 1 is 1.03 bits per heavy atom. The maximum absolute atomic E-state index is 13.1. The number of rotatable bonds is 6. The molecule has 4 rings (SSSR count). The zero-order valence-electron chi connectivity index (χ0n) is 17.4. The summed E-state index contributed by atoms with van der Waals surface area (Å²) < 4.78 is 27.8. The first-order valence-electron chi connectivity index (χ1n) is 10.3. The van der Waals surface area contributed by atoms with Crippen LogP contribution in [0.4, 0.5) is 11.4 Å². The SMILES string of the molecule is Cc1ccc(S(=O)(=O)NC2CC2)cc1C(=O)Nc1ccccc1N1CCN(C)CC1. The molecule has 1 saturated heterocycles. The molecule has 2 aromatic carbocycles. The highest BCUT2D eigenvalue weighted by Gasteiger charge is 2.28. The van der Waals surface area contributed by atoms with Crippen molar-refractivity contribution >= 4 is 27.3 Å². The Balaban J connectivity index is 1.57. The van der Waals surface area contributed by atoms with Gasteiger partial charge in [0.2, 0.25) is 10.0 Å². The topological polar surface area (TPSA) is 81.7 Å². The van der Waals surface area contributed by atoms with Crippen molar-refractivity contribution in [2.45, 2.75) is 30.7 Å². The van der Waals surface area contributed by atoms with E-state index in [9.17, 15) is 13.2 Å². The van der Waals surface area contributed by atoms with Gasteiger partial charge in [0.05, 0.1) is 16.3 Å². The van der Waals surface area contributed by atoms with Crippen LogP contribution in [0.15, 0.2) is 47.4 Å². The Bertz CT molecular complexity index is 1040. The van der Waals surface area contributed by atoms with Crippen LogP contribution in [0.3, 0.4) is 0 Å². The summed E-state index contributed by atoms with van der Waals surface area (Å²) in [6, 6.07) is 12.5. The van der Waals surface area contributed by atoms with E-state index < -0.39 is 10.0 Å². The molecule has 2 aromatic rings. The third kappa shape index (κ3) is 4.66. The second-order valence-electron chi connectivity index (χ2n) is 8.13. The lowest BCUT2D eigenvalue weighted by Gasteiger charge is -2.35. The minimum atomic E-state index is -3.62. The smallest absolute Gasteiger partial charge is 0.256 e. The molecule has 2 fully saturated rings. The number of piperazine rings is 1. The third-order valence-electron chi connectivity index (χ3n) is 5.66. The van der Waals surface area contributed by atoms with Crippen molar-refractivity contribution in [3.8, 4) is 0 Å². The molecule has 0 atom stereocenters. The first-order valence-corrected chi connectivity index (χ1v) is 11.8. The standard InChI is InChI=1S/C22H28N4O3S/c1-16-7-10-18(30(28,29)24-17-8-9-17)15-19(16)22(27)23-20-5-3-4-6-21(20)26-13-11-25(2)12-14-26/h3-7,10,15,17,24H,8-9,11-14H2,1-2H3,(H,23,27). The molecule has 2 N–H and O–H groups in total. The Morgan fingerprint density at radius 3 is 2.43 bits per heavy atom. The van der Waals surface area contributed by atoms with Crippen LogP contribution in [0.5, 0.6) is 0 Å². The lowest BCUT2D eigenvalue weighted by atomic mass is 10.1. The summed E-state index contributed by atoms with van der Waals surface area (Å²) in [5, 5.41) is 3.00.